The lowest BCUT2D eigenvalue weighted by molar-refractivity contribution is -0.182. The fraction of sp³-hybridized carbons (Fsp3) is 0.409. The number of likely N-dealkylation sites (N-methyl/N-ethyl adjacent to an activating group) is 1. The molecule has 2 aromatic carbocycles. The molecule has 0 saturated carbocycles. The first-order valence-electron chi connectivity index (χ1n) is 9.73. The first kappa shape index (κ1) is 22.4. The Morgan fingerprint density at radius 3 is 2.67 bits per heavy atom. The van der Waals surface area contributed by atoms with Gasteiger partial charge in [0.25, 0.3) is 0 Å². The summed E-state index contributed by atoms with van der Waals surface area (Å²) in [6.07, 6.45) is -3.67. The monoisotopic (exact) mass is 437 g/mol. The molecule has 4 nitrogen and oxygen atoms in total. The van der Waals surface area contributed by atoms with E-state index >= 15 is 0 Å². The molecule has 0 bridgehead atoms. The van der Waals surface area contributed by atoms with Crippen molar-refractivity contribution in [3.8, 4) is 6.07 Å². The highest BCUT2D eigenvalue weighted by molar-refractivity contribution is 6.32. The Morgan fingerprint density at radius 2 is 2.03 bits per heavy atom. The minimum absolute atomic E-state index is 0.0247. The van der Waals surface area contributed by atoms with Crippen LogP contribution in [0.3, 0.4) is 0 Å². The highest BCUT2D eigenvalue weighted by atomic mass is 35.5. The number of hydrogen-bond acceptors (Lipinski definition) is 4. The Hall–Kier alpha value is -2.27. The molecule has 160 valence electrons. The molecule has 30 heavy (non-hydrogen) atoms. The molecule has 8 heteroatoms. The molecule has 0 radical (unpaired) electrons. The maximum Gasteiger partial charge on any atom is 0.416 e. The van der Waals surface area contributed by atoms with E-state index in [1.807, 2.05) is 25.0 Å². The standard InChI is InChI=1S/C22H23ClF3N3O/c1-3-28-14-20(8-9-30-28)29(19-7-5-16(12-27)21(23)11-19)13-17-10-18(22(24,25)26)6-4-15(17)2/h4-7,10-11,20H,3,8-9,13-14H2,1-2H3/t20-/m0/s1. The fourth-order valence-corrected chi connectivity index (χ4v) is 3.79. The predicted molar refractivity (Wildman–Crippen MR) is 110 cm³/mol. The molecule has 0 amide bonds. The van der Waals surface area contributed by atoms with Gasteiger partial charge >= 0.3 is 6.18 Å². The molecule has 0 N–H and O–H groups in total. The van der Waals surface area contributed by atoms with Crippen molar-refractivity contribution in [2.45, 2.75) is 39.0 Å². The first-order valence-corrected chi connectivity index (χ1v) is 10.1. The van der Waals surface area contributed by atoms with Crippen molar-refractivity contribution in [2.75, 3.05) is 24.6 Å². The van der Waals surface area contributed by atoms with Crippen LogP contribution in [0.2, 0.25) is 5.02 Å². The second-order valence-electron chi connectivity index (χ2n) is 7.30. The number of hydrogen-bond donors (Lipinski definition) is 0. The lowest BCUT2D eigenvalue weighted by Gasteiger charge is -2.40. The molecule has 1 saturated heterocycles. The van der Waals surface area contributed by atoms with E-state index in [-0.39, 0.29) is 6.04 Å². The van der Waals surface area contributed by atoms with E-state index in [2.05, 4.69) is 4.90 Å². The van der Waals surface area contributed by atoms with Gasteiger partial charge in [0.2, 0.25) is 0 Å². The van der Waals surface area contributed by atoms with Gasteiger partial charge in [0, 0.05) is 31.4 Å². The molecule has 1 aliphatic heterocycles. The van der Waals surface area contributed by atoms with Crippen LogP contribution >= 0.6 is 11.6 Å². The van der Waals surface area contributed by atoms with Gasteiger partial charge in [-0.15, -0.1) is 0 Å². The summed E-state index contributed by atoms with van der Waals surface area (Å²) in [4.78, 5) is 7.69. The molecule has 0 aliphatic carbocycles. The average Bonchev–Trinajstić information content (AvgIpc) is 2.72. The molecule has 0 unspecified atom stereocenters. The van der Waals surface area contributed by atoms with Crippen molar-refractivity contribution in [1.82, 2.24) is 5.06 Å². The van der Waals surface area contributed by atoms with Gasteiger partial charge in [0.05, 0.1) is 22.8 Å². The number of halogens is 4. The highest BCUT2D eigenvalue weighted by Crippen LogP contribution is 2.33. The Balaban J connectivity index is 2.00. The number of hydroxylamine groups is 2. The quantitative estimate of drug-likeness (QED) is 0.613. The molecule has 3 rings (SSSR count). The normalized spacial score (nSPS) is 17.6. The van der Waals surface area contributed by atoms with E-state index in [1.165, 1.54) is 12.1 Å². The second-order valence-corrected chi connectivity index (χ2v) is 7.71. The van der Waals surface area contributed by atoms with Crippen LogP contribution in [0.1, 0.15) is 35.6 Å². The Labute approximate surface area is 179 Å². The zero-order chi connectivity index (χ0) is 21.9. The number of rotatable bonds is 5. The van der Waals surface area contributed by atoms with E-state index in [0.29, 0.717) is 42.4 Å². The van der Waals surface area contributed by atoms with Crippen molar-refractivity contribution in [2.24, 2.45) is 0 Å². The smallest absolute Gasteiger partial charge is 0.363 e. The van der Waals surface area contributed by atoms with Crippen molar-refractivity contribution in [3.05, 3.63) is 63.7 Å². The largest absolute Gasteiger partial charge is 0.416 e. The van der Waals surface area contributed by atoms with Crippen LogP contribution in [0, 0.1) is 18.3 Å². The van der Waals surface area contributed by atoms with Crippen molar-refractivity contribution in [3.63, 3.8) is 0 Å². The number of aryl methyl sites for hydroxylation is 1. The van der Waals surface area contributed by atoms with Crippen LogP contribution in [-0.2, 0) is 17.6 Å². The summed E-state index contributed by atoms with van der Waals surface area (Å²) in [5.74, 6) is 0. The molecule has 0 aromatic heterocycles. The van der Waals surface area contributed by atoms with E-state index < -0.39 is 11.7 Å². The van der Waals surface area contributed by atoms with Gasteiger partial charge < -0.3 is 4.90 Å². The van der Waals surface area contributed by atoms with Gasteiger partial charge in [-0.1, -0.05) is 24.6 Å². The third-order valence-corrected chi connectivity index (χ3v) is 5.67. The molecule has 1 fully saturated rings. The average molecular weight is 438 g/mol. The first-order chi connectivity index (χ1) is 14.2. The maximum atomic E-state index is 13.3. The SMILES string of the molecule is CCN1C[C@@H](N(Cc2cc(C(F)(F)F)ccc2C)c2ccc(C#N)c(Cl)c2)CCO1. The number of nitriles is 1. The minimum atomic E-state index is -4.40. The lowest BCUT2D eigenvalue weighted by Crippen LogP contribution is -2.48. The summed E-state index contributed by atoms with van der Waals surface area (Å²) in [6.45, 7) is 5.94. The molecular weight excluding hydrogens is 415 g/mol. The number of anilines is 1. The molecule has 0 spiro atoms. The third kappa shape index (κ3) is 5.07. The van der Waals surface area contributed by atoms with Crippen LogP contribution in [0.15, 0.2) is 36.4 Å². The molecular formula is C22H23ClF3N3O. The van der Waals surface area contributed by atoms with E-state index in [0.717, 1.165) is 23.7 Å². The number of alkyl halides is 3. The molecule has 1 aliphatic rings. The van der Waals surface area contributed by atoms with E-state index in [9.17, 15) is 13.2 Å². The van der Waals surface area contributed by atoms with Crippen molar-refractivity contribution >= 4 is 17.3 Å². The zero-order valence-corrected chi connectivity index (χ0v) is 17.6. The van der Waals surface area contributed by atoms with Crippen LogP contribution in [0.5, 0.6) is 0 Å². The van der Waals surface area contributed by atoms with Crippen LogP contribution in [-0.4, -0.2) is 30.8 Å². The van der Waals surface area contributed by atoms with Gasteiger partial charge in [-0.2, -0.15) is 23.5 Å². The maximum absolute atomic E-state index is 13.3. The van der Waals surface area contributed by atoms with E-state index in [1.54, 1.807) is 18.2 Å². The topological polar surface area (TPSA) is 39.5 Å². The van der Waals surface area contributed by atoms with Gasteiger partial charge in [0.15, 0.2) is 0 Å². The van der Waals surface area contributed by atoms with Gasteiger partial charge in [-0.3, -0.25) is 4.84 Å². The lowest BCUT2D eigenvalue weighted by atomic mass is 10.0. The van der Waals surface area contributed by atoms with Gasteiger partial charge in [-0.25, -0.2) is 0 Å². The summed E-state index contributed by atoms with van der Waals surface area (Å²) in [5, 5.41) is 11.3. The highest BCUT2D eigenvalue weighted by Gasteiger charge is 2.32. The summed E-state index contributed by atoms with van der Waals surface area (Å²) >= 11 is 6.25. The Morgan fingerprint density at radius 1 is 1.27 bits per heavy atom. The van der Waals surface area contributed by atoms with Crippen LogP contribution < -0.4 is 4.90 Å². The van der Waals surface area contributed by atoms with Gasteiger partial charge in [-0.05, 0) is 54.8 Å². The Bertz CT molecular complexity index is 942. The number of nitrogens with zero attached hydrogens (tertiary/aromatic N) is 3. The molecule has 1 atom stereocenters. The Kier molecular flexibility index (Phi) is 6.91. The number of benzene rings is 2. The van der Waals surface area contributed by atoms with Crippen molar-refractivity contribution in [1.29, 1.82) is 5.26 Å². The van der Waals surface area contributed by atoms with Crippen LogP contribution in [0.25, 0.3) is 0 Å². The summed E-state index contributed by atoms with van der Waals surface area (Å²) in [5.41, 5.74) is 1.84. The summed E-state index contributed by atoms with van der Waals surface area (Å²) in [6, 6.07) is 11.0. The van der Waals surface area contributed by atoms with Crippen molar-refractivity contribution < 1.29 is 18.0 Å². The molecule has 1 heterocycles. The fourth-order valence-electron chi connectivity index (χ4n) is 3.58. The summed E-state index contributed by atoms with van der Waals surface area (Å²) in [7, 11) is 0. The third-order valence-electron chi connectivity index (χ3n) is 5.35. The summed E-state index contributed by atoms with van der Waals surface area (Å²) < 4.78 is 39.8. The van der Waals surface area contributed by atoms with Gasteiger partial charge in [0.1, 0.15) is 6.07 Å². The second kappa shape index (κ2) is 9.25. The van der Waals surface area contributed by atoms with E-state index in [4.69, 9.17) is 21.7 Å². The molecule has 2 aromatic rings. The van der Waals surface area contributed by atoms with Crippen LogP contribution in [0.4, 0.5) is 18.9 Å². The predicted octanol–water partition coefficient (Wildman–Crippen LogP) is 5.57. The minimum Gasteiger partial charge on any atom is -0.363 e. The zero-order valence-electron chi connectivity index (χ0n) is 16.8.